The Kier molecular flexibility index (Phi) is 4.02. The maximum Gasteiger partial charge on any atom is 0.203 e. The molecule has 2 heterocycles. The number of nitrogens with zero attached hydrogens (tertiary/aromatic N) is 2. The average molecular weight is 312 g/mol. The van der Waals surface area contributed by atoms with Gasteiger partial charge in [-0.15, -0.1) is 17.9 Å². The van der Waals surface area contributed by atoms with E-state index in [1.807, 2.05) is 19.2 Å². The maximum atomic E-state index is 4.45. The van der Waals surface area contributed by atoms with E-state index in [4.69, 9.17) is 0 Å². The summed E-state index contributed by atoms with van der Waals surface area (Å²) >= 11 is 5.25. The van der Waals surface area contributed by atoms with Gasteiger partial charge in [-0.05, 0) is 34.3 Å². The number of hydrogen-bond donors (Lipinski definition) is 1. The lowest BCUT2D eigenvalue weighted by Crippen LogP contribution is -2.06. The first kappa shape index (κ1) is 12.4. The van der Waals surface area contributed by atoms with Crippen LogP contribution < -0.4 is 5.32 Å². The predicted molar refractivity (Wildman–Crippen MR) is 76.5 cm³/mol. The largest absolute Gasteiger partial charge is 0.351 e. The lowest BCUT2D eigenvalue weighted by molar-refractivity contribution is 0.820. The summed E-state index contributed by atoms with van der Waals surface area (Å²) in [5.74, 6) is 0.891. The van der Waals surface area contributed by atoms with Crippen LogP contribution in [0.3, 0.4) is 0 Å². The Labute approximate surface area is 113 Å². The quantitative estimate of drug-likeness (QED) is 0.851. The van der Waals surface area contributed by atoms with E-state index >= 15 is 0 Å². The summed E-state index contributed by atoms with van der Waals surface area (Å²) < 4.78 is 3.21. The molecule has 0 aliphatic carbocycles. The molecule has 0 saturated carbocycles. The molecule has 2 aromatic rings. The Morgan fingerprint density at radius 3 is 3.12 bits per heavy atom. The van der Waals surface area contributed by atoms with Gasteiger partial charge in [0.1, 0.15) is 0 Å². The summed E-state index contributed by atoms with van der Waals surface area (Å²) in [6.45, 7) is 7.30. The minimum absolute atomic E-state index is 0.773. The second kappa shape index (κ2) is 5.51. The molecule has 0 aliphatic heterocycles. The summed E-state index contributed by atoms with van der Waals surface area (Å²) in [7, 11) is 0. The van der Waals surface area contributed by atoms with E-state index in [0.717, 1.165) is 29.2 Å². The van der Waals surface area contributed by atoms with E-state index in [1.54, 1.807) is 11.3 Å². The summed E-state index contributed by atoms with van der Waals surface area (Å²) in [4.78, 5) is 5.73. The Hall–Kier alpha value is -1.07. The minimum atomic E-state index is 0.773. The number of nitrogens with one attached hydrogen (secondary N) is 1. The second-order valence-electron chi connectivity index (χ2n) is 3.69. The molecule has 0 aromatic carbocycles. The highest BCUT2D eigenvalue weighted by Crippen LogP contribution is 2.23. The second-order valence-corrected chi connectivity index (χ2v) is 5.55. The number of imidazole rings is 1. The van der Waals surface area contributed by atoms with Gasteiger partial charge in [0.15, 0.2) is 0 Å². The van der Waals surface area contributed by atoms with Crippen molar-refractivity contribution in [2.75, 3.05) is 5.32 Å². The number of rotatable bonds is 5. The Bertz CT molecular complexity index is 516. The van der Waals surface area contributed by atoms with Crippen LogP contribution >= 0.6 is 27.3 Å². The Morgan fingerprint density at radius 1 is 1.65 bits per heavy atom. The van der Waals surface area contributed by atoms with Crippen LogP contribution in [0.15, 0.2) is 34.8 Å². The first-order valence-electron chi connectivity index (χ1n) is 5.31. The molecule has 0 bridgehead atoms. The number of aromatic nitrogens is 2. The van der Waals surface area contributed by atoms with Gasteiger partial charge >= 0.3 is 0 Å². The topological polar surface area (TPSA) is 29.9 Å². The van der Waals surface area contributed by atoms with Crippen LogP contribution in [0.2, 0.25) is 0 Å². The molecule has 0 radical (unpaired) electrons. The first-order chi connectivity index (χ1) is 8.20. The van der Waals surface area contributed by atoms with Crippen LogP contribution in [0.4, 0.5) is 5.95 Å². The summed E-state index contributed by atoms with van der Waals surface area (Å²) in [6.07, 6.45) is 3.89. The number of halogens is 1. The van der Waals surface area contributed by atoms with E-state index in [-0.39, 0.29) is 0 Å². The summed E-state index contributed by atoms with van der Waals surface area (Å²) in [6, 6.07) is 2.06. The molecule has 1 N–H and O–H groups in total. The van der Waals surface area contributed by atoms with Crippen molar-refractivity contribution < 1.29 is 0 Å². The fourth-order valence-electron chi connectivity index (χ4n) is 1.58. The number of thiophene rings is 1. The fraction of sp³-hybridized carbons (Fsp3) is 0.250. The highest BCUT2D eigenvalue weighted by molar-refractivity contribution is 9.10. The van der Waals surface area contributed by atoms with Gasteiger partial charge in [-0.25, -0.2) is 4.98 Å². The zero-order chi connectivity index (χ0) is 12.3. The molecule has 17 heavy (non-hydrogen) atoms. The monoisotopic (exact) mass is 311 g/mol. The van der Waals surface area contributed by atoms with Crippen molar-refractivity contribution in [3.63, 3.8) is 0 Å². The number of hydrogen-bond acceptors (Lipinski definition) is 3. The van der Waals surface area contributed by atoms with Crippen molar-refractivity contribution in [1.29, 1.82) is 0 Å². The zero-order valence-electron chi connectivity index (χ0n) is 9.61. The molecule has 2 aromatic heterocycles. The van der Waals surface area contributed by atoms with Crippen molar-refractivity contribution in [2.45, 2.75) is 20.0 Å². The van der Waals surface area contributed by atoms with Crippen molar-refractivity contribution in [3.05, 3.63) is 45.3 Å². The highest BCUT2D eigenvalue weighted by Gasteiger charge is 2.06. The van der Waals surface area contributed by atoms with Gasteiger partial charge in [0.25, 0.3) is 0 Å². The molecule has 0 unspecified atom stereocenters. The van der Waals surface area contributed by atoms with Gasteiger partial charge in [0, 0.05) is 22.1 Å². The minimum Gasteiger partial charge on any atom is -0.351 e. The van der Waals surface area contributed by atoms with Gasteiger partial charge in [0.05, 0.1) is 12.2 Å². The molecule has 2 rings (SSSR count). The van der Waals surface area contributed by atoms with Crippen LogP contribution in [-0.2, 0) is 13.1 Å². The van der Waals surface area contributed by atoms with Crippen LogP contribution in [0.25, 0.3) is 0 Å². The zero-order valence-corrected chi connectivity index (χ0v) is 12.0. The maximum absolute atomic E-state index is 4.45. The van der Waals surface area contributed by atoms with Crippen LogP contribution in [0, 0.1) is 6.92 Å². The van der Waals surface area contributed by atoms with E-state index < -0.39 is 0 Å². The molecule has 3 nitrogen and oxygen atoms in total. The first-order valence-corrected chi connectivity index (χ1v) is 6.98. The molecule has 0 aliphatic rings. The fourth-order valence-corrected chi connectivity index (χ4v) is 3.01. The van der Waals surface area contributed by atoms with Crippen molar-refractivity contribution in [2.24, 2.45) is 0 Å². The third-order valence-electron chi connectivity index (χ3n) is 2.32. The van der Waals surface area contributed by atoms with Crippen LogP contribution in [0.5, 0.6) is 0 Å². The Balaban J connectivity index is 2.08. The molecule has 0 saturated heterocycles. The number of allylic oxidation sites excluding steroid dienone is 1. The van der Waals surface area contributed by atoms with Gasteiger partial charge in [0.2, 0.25) is 5.95 Å². The van der Waals surface area contributed by atoms with Crippen molar-refractivity contribution in [3.8, 4) is 0 Å². The molecule has 0 amide bonds. The molecule has 0 fully saturated rings. The SMILES string of the molecule is C=CCn1cc(C)nc1NCc1sccc1Br. The van der Waals surface area contributed by atoms with E-state index in [0.29, 0.717) is 0 Å². The molecular weight excluding hydrogens is 298 g/mol. The van der Waals surface area contributed by atoms with Crippen LogP contribution in [-0.4, -0.2) is 9.55 Å². The van der Waals surface area contributed by atoms with Crippen molar-refractivity contribution >= 4 is 33.2 Å². The Morgan fingerprint density at radius 2 is 2.47 bits per heavy atom. The molecule has 0 spiro atoms. The smallest absolute Gasteiger partial charge is 0.203 e. The predicted octanol–water partition coefficient (Wildman–Crippen LogP) is 3.81. The highest BCUT2D eigenvalue weighted by atomic mass is 79.9. The molecular formula is C12H14BrN3S. The van der Waals surface area contributed by atoms with Gasteiger partial charge in [-0.3, -0.25) is 0 Å². The number of aryl methyl sites for hydroxylation is 1. The van der Waals surface area contributed by atoms with Gasteiger partial charge < -0.3 is 9.88 Å². The van der Waals surface area contributed by atoms with Gasteiger partial charge in [-0.2, -0.15) is 0 Å². The lowest BCUT2D eigenvalue weighted by atomic mass is 10.4. The summed E-state index contributed by atoms with van der Waals surface area (Å²) in [5.41, 5.74) is 1.01. The number of anilines is 1. The molecule has 5 heteroatoms. The van der Waals surface area contributed by atoms with Gasteiger partial charge in [-0.1, -0.05) is 6.08 Å². The third kappa shape index (κ3) is 2.98. The summed E-state index contributed by atoms with van der Waals surface area (Å²) in [5, 5.41) is 5.42. The molecule has 90 valence electrons. The van der Waals surface area contributed by atoms with Crippen LogP contribution in [0.1, 0.15) is 10.6 Å². The normalized spacial score (nSPS) is 10.5. The standard InChI is InChI=1S/C12H14BrN3S/c1-3-5-16-8-9(2)15-12(16)14-7-11-10(13)4-6-17-11/h3-4,6,8H,1,5,7H2,2H3,(H,14,15). The van der Waals surface area contributed by atoms with E-state index in [1.165, 1.54) is 4.88 Å². The average Bonchev–Trinajstić information content (AvgIpc) is 2.83. The third-order valence-corrected chi connectivity index (χ3v) is 4.25. The lowest BCUT2D eigenvalue weighted by Gasteiger charge is -2.07. The van der Waals surface area contributed by atoms with E-state index in [2.05, 4.69) is 48.8 Å². The molecule has 0 atom stereocenters. The van der Waals surface area contributed by atoms with Crippen molar-refractivity contribution in [1.82, 2.24) is 9.55 Å². The van der Waals surface area contributed by atoms with E-state index in [9.17, 15) is 0 Å².